The Morgan fingerprint density at radius 2 is 2.47 bits per heavy atom. The zero-order chi connectivity index (χ0) is 11.4. The van der Waals surface area contributed by atoms with Gasteiger partial charge in [-0.15, -0.1) is 0 Å². The second kappa shape index (κ2) is 4.79. The molecule has 2 N–H and O–H groups in total. The molecule has 15 heavy (non-hydrogen) atoms. The van der Waals surface area contributed by atoms with Crippen LogP contribution in [-0.4, -0.2) is 40.6 Å². The predicted molar refractivity (Wildman–Crippen MR) is 54.9 cm³/mol. The minimum Gasteiger partial charge on any atom is -0.480 e. The van der Waals surface area contributed by atoms with Crippen LogP contribution in [-0.2, 0) is 16.6 Å². The molecule has 0 aliphatic rings. The number of ether oxygens (including phenoxy) is 1. The molecular weight excluding hydrogens is 198 g/mol. The van der Waals surface area contributed by atoms with Crippen LogP contribution in [0.25, 0.3) is 0 Å². The van der Waals surface area contributed by atoms with E-state index >= 15 is 0 Å². The summed E-state index contributed by atoms with van der Waals surface area (Å²) in [6, 6.07) is -0.752. The largest absolute Gasteiger partial charge is 0.480 e. The van der Waals surface area contributed by atoms with E-state index in [4.69, 9.17) is 9.84 Å². The van der Waals surface area contributed by atoms with Crippen molar-refractivity contribution >= 4 is 11.7 Å². The molecule has 0 fully saturated rings. The fraction of sp³-hybridized carbons (Fsp3) is 0.556. The number of hydrogen-bond acceptors (Lipinski definition) is 4. The van der Waals surface area contributed by atoms with Gasteiger partial charge in [-0.25, -0.2) is 4.79 Å². The molecule has 0 aromatic carbocycles. The first-order valence-electron chi connectivity index (χ1n) is 4.53. The molecule has 1 rings (SSSR count). The highest BCUT2D eigenvalue weighted by Crippen LogP contribution is 2.12. The molecule has 0 spiro atoms. The van der Waals surface area contributed by atoms with Crippen LogP contribution in [0, 0.1) is 6.92 Å². The van der Waals surface area contributed by atoms with E-state index in [2.05, 4.69) is 10.4 Å². The van der Waals surface area contributed by atoms with Crippen molar-refractivity contribution < 1.29 is 14.6 Å². The van der Waals surface area contributed by atoms with Gasteiger partial charge in [0.2, 0.25) is 0 Å². The molecule has 0 radical (unpaired) electrons. The Labute approximate surface area is 87.8 Å². The van der Waals surface area contributed by atoms with Crippen molar-refractivity contribution in [3.8, 4) is 0 Å². The van der Waals surface area contributed by atoms with E-state index in [1.165, 1.54) is 7.11 Å². The molecule has 1 unspecified atom stereocenters. The van der Waals surface area contributed by atoms with Crippen LogP contribution in [0.1, 0.15) is 5.69 Å². The van der Waals surface area contributed by atoms with Crippen molar-refractivity contribution in [2.75, 3.05) is 19.0 Å². The van der Waals surface area contributed by atoms with E-state index in [1.54, 1.807) is 17.9 Å². The molecule has 84 valence electrons. The molecule has 1 aromatic rings. The molecule has 0 saturated heterocycles. The fourth-order valence-corrected chi connectivity index (χ4v) is 1.27. The number of carbonyl (C=O) groups is 1. The summed E-state index contributed by atoms with van der Waals surface area (Å²) in [5, 5.41) is 15.9. The number of aliphatic carboxylic acids is 1. The van der Waals surface area contributed by atoms with Crippen LogP contribution in [0.4, 0.5) is 5.69 Å². The Morgan fingerprint density at radius 3 is 2.87 bits per heavy atom. The SMILES string of the molecule is COCC(Nc1cn(C)nc1C)C(=O)O. The Morgan fingerprint density at radius 1 is 1.80 bits per heavy atom. The van der Waals surface area contributed by atoms with Gasteiger partial charge in [0.05, 0.1) is 18.0 Å². The number of anilines is 1. The van der Waals surface area contributed by atoms with Crippen molar-refractivity contribution in [2.45, 2.75) is 13.0 Å². The number of rotatable bonds is 5. The van der Waals surface area contributed by atoms with Gasteiger partial charge in [-0.1, -0.05) is 0 Å². The molecule has 6 heteroatoms. The standard InChI is InChI=1S/C9H15N3O3/c1-6-7(4-12(2)11-6)10-8(5-15-3)9(13)14/h4,8,10H,5H2,1-3H3,(H,13,14). The topological polar surface area (TPSA) is 76.4 Å². The molecule has 0 aliphatic heterocycles. The van der Waals surface area contributed by atoms with Crippen molar-refractivity contribution in [2.24, 2.45) is 7.05 Å². The third-order valence-electron chi connectivity index (χ3n) is 1.97. The lowest BCUT2D eigenvalue weighted by Crippen LogP contribution is -2.33. The van der Waals surface area contributed by atoms with Gasteiger partial charge in [-0.3, -0.25) is 4.68 Å². The minimum atomic E-state index is -0.944. The average Bonchev–Trinajstić information content (AvgIpc) is 2.44. The smallest absolute Gasteiger partial charge is 0.328 e. The summed E-state index contributed by atoms with van der Waals surface area (Å²) in [4.78, 5) is 10.8. The Balaban J connectivity index is 2.73. The summed E-state index contributed by atoms with van der Waals surface area (Å²) in [5.74, 6) is -0.944. The van der Waals surface area contributed by atoms with E-state index in [0.717, 1.165) is 5.69 Å². The van der Waals surface area contributed by atoms with E-state index in [1.807, 2.05) is 6.92 Å². The first-order chi connectivity index (χ1) is 7.04. The second-order valence-electron chi connectivity index (χ2n) is 3.29. The van der Waals surface area contributed by atoms with Gasteiger partial charge < -0.3 is 15.2 Å². The first-order valence-corrected chi connectivity index (χ1v) is 4.53. The molecular formula is C9H15N3O3. The lowest BCUT2D eigenvalue weighted by Gasteiger charge is -2.13. The minimum absolute atomic E-state index is 0.115. The van der Waals surface area contributed by atoms with Gasteiger partial charge in [0.25, 0.3) is 0 Å². The number of hydrogen-bond donors (Lipinski definition) is 2. The van der Waals surface area contributed by atoms with Gasteiger partial charge in [-0.05, 0) is 6.92 Å². The summed E-state index contributed by atoms with van der Waals surface area (Å²) in [6.45, 7) is 1.93. The maximum absolute atomic E-state index is 10.8. The van der Waals surface area contributed by atoms with Gasteiger partial charge in [0.1, 0.15) is 6.04 Å². The number of aromatic nitrogens is 2. The number of nitrogens with one attached hydrogen (secondary N) is 1. The van der Waals surface area contributed by atoms with Gasteiger partial charge in [0.15, 0.2) is 0 Å². The summed E-state index contributed by atoms with van der Waals surface area (Å²) in [5.41, 5.74) is 1.47. The first kappa shape index (κ1) is 11.5. The molecule has 1 aromatic heterocycles. The van der Waals surface area contributed by atoms with Crippen LogP contribution in [0.15, 0.2) is 6.20 Å². The second-order valence-corrected chi connectivity index (χ2v) is 3.29. The van der Waals surface area contributed by atoms with E-state index in [-0.39, 0.29) is 6.61 Å². The molecule has 1 heterocycles. The highest BCUT2D eigenvalue weighted by Gasteiger charge is 2.18. The normalized spacial score (nSPS) is 12.5. The van der Waals surface area contributed by atoms with Crippen LogP contribution >= 0.6 is 0 Å². The quantitative estimate of drug-likeness (QED) is 0.732. The van der Waals surface area contributed by atoms with Gasteiger partial charge >= 0.3 is 5.97 Å². The third-order valence-corrected chi connectivity index (χ3v) is 1.97. The van der Waals surface area contributed by atoms with Crippen LogP contribution in [0.5, 0.6) is 0 Å². The number of methoxy groups -OCH3 is 1. The summed E-state index contributed by atoms with van der Waals surface area (Å²) in [6.07, 6.45) is 1.74. The lowest BCUT2D eigenvalue weighted by atomic mass is 10.3. The zero-order valence-corrected chi connectivity index (χ0v) is 9.02. The third kappa shape index (κ3) is 2.95. The van der Waals surface area contributed by atoms with Crippen molar-refractivity contribution in [1.29, 1.82) is 0 Å². The van der Waals surface area contributed by atoms with Gasteiger partial charge in [-0.2, -0.15) is 5.10 Å². The summed E-state index contributed by atoms with van der Waals surface area (Å²) < 4.78 is 6.44. The number of aryl methyl sites for hydroxylation is 2. The van der Waals surface area contributed by atoms with Crippen molar-refractivity contribution in [3.05, 3.63) is 11.9 Å². The highest BCUT2D eigenvalue weighted by atomic mass is 16.5. The maximum Gasteiger partial charge on any atom is 0.328 e. The van der Waals surface area contributed by atoms with Crippen LogP contribution < -0.4 is 5.32 Å². The number of carboxylic acid groups (broad SMARTS) is 1. The Bertz CT molecular complexity index is 348. The molecule has 1 atom stereocenters. The Hall–Kier alpha value is -1.56. The van der Waals surface area contributed by atoms with Crippen LogP contribution in [0.2, 0.25) is 0 Å². The molecule has 0 aliphatic carbocycles. The van der Waals surface area contributed by atoms with E-state index in [9.17, 15) is 4.79 Å². The number of carboxylic acids is 1. The van der Waals surface area contributed by atoms with E-state index < -0.39 is 12.0 Å². The molecule has 0 amide bonds. The average molecular weight is 213 g/mol. The maximum atomic E-state index is 10.8. The molecule has 0 saturated carbocycles. The molecule has 0 bridgehead atoms. The summed E-state index contributed by atoms with van der Waals surface area (Å²) in [7, 11) is 3.25. The Kier molecular flexibility index (Phi) is 3.68. The fourth-order valence-electron chi connectivity index (χ4n) is 1.27. The van der Waals surface area contributed by atoms with Crippen molar-refractivity contribution in [3.63, 3.8) is 0 Å². The summed E-state index contributed by atoms with van der Waals surface area (Å²) >= 11 is 0. The van der Waals surface area contributed by atoms with E-state index in [0.29, 0.717) is 5.69 Å². The zero-order valence-electron chi connectivity index (χ0n) is 9.02. The lowest BCUT2D eigenvalue weighted by molar-refractivity contribution is -0.139. The molecule has 6 nitrogen and oxygen atoms in total. The van der Waals surface area contributed by atoms with Crippen LogP contribution in [0.3, 0.4) is 0 Å². The van der Waals surface area contributed by atoms with Gasteiger partial charge in [0, 0.05) is 20.4 Å². The number of nitrogens with zero attached hydrogens (tertiary/aromatic N) is 2. The monoisotopic (exact) mass is 213 g/mol. The highest BCUT2D eigenvalue weighted by molar-refractivity contribution is 5.77. The van der Waals surface area contributed by atoms with Crippen molar-refractivity contribution in [1.82, 2.24) is 9.78 Å². The predicted octanol–water partition coefficient (Wildman–Crippen LogP) is 0.240.